The molecule has 2 rings (SSSR count). The van der Waals surface area contributed by atoms with Gasteiger partial charge in [0.15, 0.2) is 0 Å². The van der Waals surface area contributed by atoms with Gasteiger partial charge in [0.25, 0.3) is 0 Å². The Morgan fingerprint density at radius 1 is 1.40 bits per heavy atom. The van der Waals surface area contributed by atoms with Crippen LogP contribution in [0.1, 0.15) is 10.6 Å². The normalized spacial score (nSPS) is 10.2. The van der Waals surface area contributed by atoms with Crippen molar-refractivity contribution in [3.8, 4) is 11.5 Å². The van der Waals surface area contributed by atoms with Gasteiger partial charge in [-0.3, -0.25) is 0 Å². The number of halogens is 1. The molecule has 1 aromatic heterocycles. The van der Waals surface area contributed by atoms with E-state index in [1.807, 2.05) is 0 Å². The summed E-state index contributed by atoms with van der Waals surface area (Å²) in [6.07, 6.45) is 1.05. The summed E-state index contributed by atoms with van der Waals surface area (Å²) in [5.74, 6) is -2.08. The molecule has 2 aromatic rings. The zero-order valence-corrected chi connectivity index (χ0v) is 7.48. The molecule has 0 aliphatic rings. The third-order valence-corrected chi connectivity index (χ3v) is 1.82. The van der Waals surface area contributed by atoms with E-state index < -0.39 is 11.8 Å². The Balaban J connectivity index is 2.46. The summed E-state index contributed by atoms with van der Waals surface area (Å²) in [5, 5.41) is 8.59. The fourth-order valence-electron chi connectivity index (χ4n) is 1.13. The topological polar surface area (TPSA) is 63.3 Å². The van der Waals surface area contributed by atoms with E-state index >= 15 is 0 Å². The molecule has 0 aliphatic carbocycles. The van der Waals surface area contributed by atoms with Crippen molar-refractivity contribution in [2.45, 2.75) is 0 Å². The van der Waals surface area contributed by atoms with Crippen LogP contribution in [-0.4, -0.2) is 16.1 Å². The fraction of sp³-hybridized carbons (Fsp3) is 0. The number of carboxylic acid groups (broad SMARTS) is 1. The lowest BCUT2D eigenvalue weighted by Gasteiger charge is -1.95. The maximum atomic E-state index is 13.2. The van der Waals surface area contributed by atoms with Crippen LogP contribution >= 0.6 is 0 Å². The summed E-state index contributed by atoms with van der Waals surface area (Å²) in [5.41, 5.74) is 0.144. The Kier molecular flexibility index (Phi) is 2.21. The number of carbonyl (C=O) groups is 1. The van der Waals surface area contributed by atoms with Gasteiger partial charge in [0.05, 0.1) is 11.8 Å². The van der Waals surface area contributed by atoms with Gasteiger partial charge in [-0.2, -0.15) is 0 Å². The minimum atomic E-state index is -1.23. The van der Waals surface area contributed by atoms with Crippen LogP contribution in [-0.2, 0) is 0 Å². The molecule has 0 amide bonds. The highest BCUT2D eigenvalue weighted by Crippen LogP contribution is 2.21. The molecule has 0 saturated heterocycles. The van der Waals surface area contributed by atoms with Gasteiger partial charge in [0.1, 0.15) is 5.82 Å². The highest BCUT2D eigenvalue weighted by Gasteiger charge is 2.14. The van der Waals surface area contributed by atoms with E-state index in [4.69, 9.17) is 9.52 Å². The maximum Gasteiger partial charge on any atom is 0.373 e. The number of carboxylic acids is 1. The van der Waals surface area contributed by atoms with Crippen molar-refractivity contribution in [2.75, 3.05) is 0 Å². The molecule has 76 valence electrons. The van der Waals surface area contributed by atoms with Gasteiger partial charge in [-0.05, 0) is 12.1 Å². The zero-order chi connectivity index (χ0) is 10.8. The first-order valence-corrected chi connectivity index (χ1v) is 4.12. The van der Waals surface area contributed by atoms with E-state index in [9.17, 15) is 9.18 Å². The number of hydrogen-bond acceptors (Lipinski definition) is 3. The second kappa shape index (κ2) is 3.53. The summed E-state index contributed by atoms with van der Waals surface area (Å²) in [4.78, 5) is 14.2. The molecular weight excluding hydrogens is 201 g/mol. The largest absolute Gasteiger partial charge is 0.475 e. The highest BCUT2D eigenvalue weighted by molar-refractivity contribution is 5.84. The molecule has 0 bridgehead atoms. The minimum absolute atomic E-state index is 0.0366. The Labute approximate surface area is 84.0 Å². The Morgan fingerprint density at radius 3 is 2.73 bits per heavy atom. The van der Waals surface area contributed by atoms with Crippen molar-refractivity contribution >= 4 is 5.97 Å². The van der Waals surface area contributed by atoms with Crippen LogP contribution in [0.5, 0.6) is 0 Å². The molecule has 4 nitrogen and oxygen atoms in total. The third kappa shape index (κ3) is 1.71. The quantitative estimate of drug-likeness (QED) is 0.819. The van der Waals surface area contributed by atoms with Crippen molar-refractivity contribution in [3.63, 3.8) is 0 Å². The van der Waals surface area contributed by atoms with Gasteiger partial charge in [0, 0.05) is 0 Å². The van der Waals surface area contributed by atoms with Crippen molar-refractivity contribution in [2.24, 2.45) is 0 Å². The molecule has 0 saturated carbocycles. The number of hydrogen-bond donors (Lipinski definition) is 1. The second-order valence-electron chi connectivity index (χ2n) is 2.81. The van der Waals surface area contributed by atoms with Crippen LogP contribution in [0, 0.1) is 5.82 Å². The molecule has 1 heterocycles. The predicted octanol–water partition coefficient (Wildman–Crippen LogP) is 2.18. The number of oxazole rings is 1. The monoisotopic (exact) mass is 207 g/mol. The third-order valence-electron chi connectivity index (χ3n) is 1.82. The van der Waals surface area contributed by atoms with Crippen LogP contribution in [0.2, 0.25) is 0 Å². The molecule has 0 unspecified atom stereocenters. The van der Waals surface area contributed by atoms with Crippen molar-refractivity contribution in [1.29, 1.82) is 0 Å². The van der Waals surface area contributed by atoms with Crippen LogP contribution in [0.3, 0.4) is 0 Å². The van der Waals surface area contributed by atoms with Crippen LogP contribution < -0.4 is 0 Å². The average molecular weight is 207 g/mol. The molecule has 0 fully saturated rings. The lowest BCUT2D eigenvalue weighted by Crippen LogP contribution is -1.91. The van der Waals surface area contributed by atoms with Crippen LogP contribution in [0.4, 0.5) is 4.39 Å². The smallest absolute Gasteiger partial charge is 0.373 e. The molecular formula is C10H6FNO3. The van der Waals surface area contributed by atoms with Gasteiger partial charge >= 0.3 is 5.97 Å². The fourth-order valence-corrected chi connectivity index (χ4v) is 1.13. The number of nitrogens with zero attached hydrogens (tertiary/aromatic N) is 1. The summed E-state index contributed by atoms with van der Waals surface area (Å²) in [7, 11) is 0. The molecule has 1 aromatic carbocycles. The second-order valence-corrected chi connectivity index (χ2v) is 2.81. The Bertz CT molecular complexity index is 507. The summed E-state index contributed by atoms with van der Waals surface area (Å²) in [6, 6.07) is 5.86. The van der Waals surface area contributed by atoms with E-state index in [0.717, 1.165) is 6.20 Å². The van der Waals surface area contributed by atoms with E-state index in [0.29, 0.717) is 0 Å². The van der Waals surface area contributed by atoms with E-state index in [1.54, 1.807) is 6.07 Å². The van der Waals surface area contributed by atoms with Crippen LogP contribution in [0.15, 0.2) is 34.9 Å². The van der Waals surface area contributed by atoms with Gasteiger partial charge in [-0.1, -0.05) is 12.1 Å². The van der Waals surface area contributed by atoms with E-state index in [2.05, 4.69) is 4.98 Å². The number of benzene rings is 1. The lowest BCUT2D eigenvalue weighted by atomic mass is 10.2. The first-order chi connectivity index (χ1) is 7.18. The summed E-state index contributed by atoms with van der Waals surface area (Å²) in [6.45, 7) is 0. The molecule has 5 heteroatoms. The standard InChI is InChI=1S/C10H6FNO3/c11-7-4-2-1-3-6(7)9-12-5-8(15-9)10(13)14/h1-5H,(H,13,14). The van der Waals surface area contributed by atoms with Crippen molar-refractivity contribution < 1.29 is 18.7 Å². The first-order valence-electron chi connectivity index (χ1n) is 4.12. The molecule has 0 spiro atoms. The molecule has 1 N–H and O–H groups in total. The minimum Gasteiger partial charge on any atom is -0.475 e. The predicted molar refractivity (Wildman–Crippen MR) is 48.9 cm³/mol. The van der Waals surface area contributed by atoms with E-state index in [1.165, 1.54) is 18.2 Å². The SMILES string of the molecule is O=C(O)c1cnc(-c2ccccc2F)o1. The lowest BCUT2D eigenvalue weighted by molar-refractivity contribution is 0.0663. The van der Waals surface area contributed by atoms with Crippen LogP contribution in [0.25, 0.3) is 11.5 Å². The highest BCUT2D eigenvalue weighted by atomic mass is 19.1. The van der Waals surface area contributed by atoms with Gasteiger partial charge in [-0.15, -0.1) is 0 Å². The van der Waals surface area contributed by atoms with Gasteiger partial charge in [-0.25, -0.2) is 14.2 Å². The first kappa shape index (κ1) is 9.39. The molecule has 0 radical (unpaired) electrons. The zero-order valence-electron chi connectivity index (χ0n) is 7.48. The molecule has 15 heavy (non-hydrogen) atoms. The van der Waals surface area contributed by atoms with Gasteiger partial charge in [0.2, 0.25) is 11.7 Å². The number of aromatic carboxylic acids is 1. The maximum absolute atomic E-state index is 13.2. The number of aromatic nitrogens is 1. The number of rotatable bonds is 2. The molecule has 0 atom stereocenters. The summed E-state index contributed by atoms with van der Waals surface area (Å²) >= 11 is 0. The molecule has 0 aliphatic heterocycles. The van der Waals surface area contributed by atoms with Crippen molar-refractivity contribution in [3.05, 3.63) is 42.0 Å². The Morgan fingerprint density at radius 2 is 2.13 bits per heavy atom. The van der Waals surface area contributed by atoms with Crippen molar-refractivity contribution in [1.82, 2.24) is 4.98 Å². The van der Waals surface area contributed by atoms with Gasteiger partial charge < -0.3 is 9.52 Å². The van der Waals surface area contributed by atoms with E-state index in [-0.39, 0.29) is 17.2 Å². The average Bonchev–Trinajstić information content (AvgIpc) is 2.67. The Hall–Kier alpha value is -2.17. The summed E-state index contributed by atoms with van der Waals surface area (Å²) < 4.78 is 18.1.